The molecule has 0 atom stereocenters. The lowest BCUT2D eigenvalue weighted by Gasteiger charge is -2.13. The number of aromatic nitrogens is 3. The number of nitrogens with zero attached hydrogens (tertiary/aromatic N) is 3. The van der Waals surface area contributed by atoms with Gasteiger partial charge in [-0.3, -0.25) is 14.6 Å². The highest BCUT2D eigenvalue weighted by Gasteiger charge is 2.34. The van der Waals surface area contributed by atoms with Gasteiger partial charge in [0.25, 0.3) is 5.91 Å². The quantitative estimate of drug-likeness (QED) is 0.261. The van der Waals surface area contributed by atoms with E-state index in [2.05, 4.69) is 9.97 Å². The molecular formula is C21H20F3N5O2. The van der Waals surface area contributed by atoms with Crippen molar-refractivity contribution in [1.82, 2.24) is 19.8 Å². The number of carbonyl (C=O) groups excluding carboxylic acids is 1. The first-order valence-corrected chi connectivity index (χ1v) is 9.43. The Bertz CT molecular complexity index is 1230. The standard InChI is InChI=1S/C19H14F3N5O2.C2H6/c20-19(21,22)15-7-13(11-3-1-10(9-28)2-4-11)12-5-6-16-24-14(18(29)26-23)8-27(16)17(12)25-15;1-2/h1-8,28H,9,23H2,(H,26,29);1-2H3. The van der Waals surface area contributed by atoms with E-state index in [0.717, 1.165) is 6.07 Å². The maximum absolute atomic E-state index is 13.5. The van der Waals surface area contributed by atoms with E-state index in [0.29, 0.717) is 22.1 Å². The highest BCUT2D eigenvalue weighted by atomic mass is 19.4. The van der Waals surface area contributed by atoms with Gasteiger partial charge in [-0.1, -0.05) is 38.1 Å². The van der Waals surface area contributed by atoms with E-state index in [1.165, 1.54) is 10.6 Å². The van der Waals surface area contributed by atoms with Crippen LogP contribution in [0.15, 0.2) is 48.7 Å². The van der Waals surface area contributed by atoms with Crippen LogP contribution >= 0.6 is 0 Å². The fourth-order valence-corrected chi connectivity index (χ4v) is 3.09. The van der Waals surface area contributed by atoms with Crippen molar-refractivity contribution in [1.29, 1.82) is 0 Å². The third-order valence-corrected chi connectivity index (χ3v) is 4.50. The minimum atomic E-state index is -4.67. The van der Waals surface area contributed by atoms with Gasteiger partial charge in [-0.2, -0.15) is 13.2 Å². The Kier molecular flexibility index (Phi) is 6.23. The summed E-state index contributed by atoms with van der Waals surface area (Å²) in [6.07, 6.45) is -3.39. The van der Waals surface area contributed by atoms with Crippen molar-refractivity contribution in [2.24, 2.45) is 5.84 Å². The average molecular weight is 431 g/mol. The van der Waals surface area contributed by atoms with Crippen molar-refractivity contribution in [3.8, 4) is 11.1 Å². The molecule has 0 saturated carbocycles. The number of nitrogens with two attached hydrogens (primary N) is 1. The summed E-state index contributed by atoms with van der Waals surface area (Å²) in [6.45, 7) is 3.83. The van der Waals surface area contributed by atoms with Gasteiger partial charge >= 0.3 is 6.18 Å². The van der Waals surface area contributed by atoms with Crippen LogP contribution in [0.5, 0.6) is 0 Å². The first-order chi connectivity index (χ1) is 14.8. The number of imidazole rings is 1. The third kappa shape index (κ3) is 4.21. The highest BCUT2D eigenvalue weighted by Crippen LogP contribution is 2.35. The van der Waals surface area contributed by atoms with Crippen LogP contribution in [0, 0.1) is 0 Å². The van der Waals surface area contributed by atoms with Crippen molar-refractivity contribution < 1.29 is 23.1 Å². The Morgan fingerprint density at radius 1 is 1.13 bits per heavy atom. The number of aliphatic hydroxyl groups is 1. The Labute approximate surface area is 175 Å². The molecule has 162 valence electrons. The molecule has 0 aliphatic heterocycles. The zero-order valence-corrected chi connectivity index (χ0v) is 16.7. The van der Waals surface area contributed by atoms with Crippen LogP contribution in [-0.2, 0) is 12.8 Å². The lowest BCUT2D eigenvalue weighted by Crippen LogP contribution is -2.30. The second-order valence-corrected chi connectivity index (χ2v) is 6.31. The fourth-order valence-electron chi connectivity index (χ4n) is 3.09. The molecule has 3 aromatic heterocycles. The second-order valence-electron chi connectivity index (χ2n) is 6.31. The van der Waals surface area contributed by atoms with Crippen LogP contribution < -0.4 is 11.3 Å². The highest BCUT2D eigenvalue weighted by molar-refractivity contribution is 5.96. The van der Waals surface area contributed by atoms with Gasteiger partial charge in [-0.05, 0) is 34.9 Å². The fraction of sp³-hybridized carbons (Fsp3) is 0.190. The van der Waals surface area contributed by atoms with E-state index in [1.807, 2.05) is 19.3 Å². The predicted molar refractivity (Wildman–Crippen MR) is 110 cm³/mol. The predicted octanol–water partition coefficient (Wildman–Crippen LogP) is 3.69. The van der Waals surface area contributed by atoms with Gasteiger partial charge < -0.3 is 5.11 Å². The third-order valence-electron chi connectivity index (χ3n) is 4.50. The summed E-state index contributed by atoms with van der Waals surface area (Å²) in [5.74, 6) is 4.44. The summed E-state index contributed by atoms with van der Waals surface area (Å²) in [5.41, 5.74) is 2.55. The van der Waals surface area contributed by atoms with Crippen molar-refractivity contribution in [3.05, 3.63) is 65.6 Å². The Balaban J connectivity index is 0.00000132. The number of nitrogen functional groups attached to an aromatic ring is 1. The summed E-state index contributed by atoms with van der Waals surface area (Å²) in [4.78, 5) is 19.6. The van der Waals surface area contributed by atoms with E-state index < -0.39 is 17.8 Å². The number of hydrazine groups is 1. The van der Waals surface area contributed by atoms with Crippen molar-refractivity contribution in [2.75, 3.05) is 0 Å². The van der Waals surface area contributed by atoms with Crippen LogP contribution in [0.25, 0.3) is 27.8 Å². The SMILES string of the molecule is CC.NNC(=O)c1cn2c(ccc3c(-c4ccc(CO)cc4)cc(C(F)(F)F)nc32)n1. The van der Waals surface area contributed by atoms with Gasteiger partial charge in [0.05, 0.1) is 6.61 Å². The number of carbonyl (C=O) groups is 1. The van der Waals surface area contributed by atoms with Crippen LogP contribution in [0.2, 0.25) is 0 Å². The molecule has 4 rings (SSSR count). The first-order valence-electron chi connectivity index (χ1n) is 9.43. The molecule has 0 saturated heterocycles. The van der Waals surface area contributed by atoms with Gasteiger partial charge in [-0.25, -0.2) is 15.8 Å². The molecule has 0 bridgehead atoms. The number of halogens is 3. The molecule has 4 N–H and O–H groups in total. The molecule has 4 aromatic rings. The molecule has 31 heavy (non-hydrogen) atoms. The molecule has 0 radical (unpaired) electrons. The summed E-state index contributed by atoms with van der Waals surface area (Å²) in [5, 5.41) is 9.64. The monoisotopic (exact) mass is 431 g/mol. The minimum absolute atomic E-state index is 0.00197. The minimum Gasteiger partial charge on any atom is -0.392 e. The van der Waals surface area contributed by atoms with E-state index in [4.69, 9.17) is 5.84 Å². The zero-order chi connectivity index (χ0) is 22.8. The summed E-state index contributed by atoms with van der Waals surface area (Å²) in [6, 6.07) is 10.7. The van der Waals surface area contributed by atoms with E-state index >= 15 is 0 Å². The van der Waals surface area contributed by atoms with Gasteiger partial charge in [0.2, 0.25) is 0 Å². The Morgan fingerprint density at radius 2 is 1.81 bits per heavy atom. The van der Waals surface area contributed by atoms with Crippen molar-refractivity contribution in [3.63, 3.8) is 0 Å². The Hall–Kier alpha value is -3.50. The van der Waals surface area contributed by atoms with Gasteiger partial charge in [-0.15, -0.1) is 0 Å². The summed E-state index contributed by atoms with van der Waals surface area (Å²) < 4.78 is 41.9. The van der Waals surface area contributed by atoms with Gasteiger partial charge in [0.1, 0.15) is 22.7 Å². The molecule has 0 aliphatic carbocycles. The summed E-state index contributed by atoms with van der Waals surface area (Å²) >= 11 is 0. The van der Waals surface area contributed by atoms with E-state index in [1.54, 1.807) is 36.4 Å². The molecular weight excluding hydrogens is 411 g/mol. The number of aliphatic hydroxyl groups excluding tert-OH is 1. The zero-order valence-electron chi connectivity index (χ0n) is 16.7. The second kappa shape index (κ2) is 8.70. The number of fused-ring (bicyclic) bond motifs is 3. The molecule has 0 fully saturated rings. The lowest BCUT2D eigenvalue weighted by molar-refractivity contribution is -0.140. The molecule has 0 unspecified atom stereocenters. The number of nitrogens with one attached hydrogen (secondary N) is 1. The number of alkyl halides is 3. The van der Waals surface area contributed by atoms with Crippen LogP contribution in [0.3, 0.4) is 0 Å². The maximum Gasteiger partial charge on any atom is 0.433 e. The molecule has 10 heteroatoms. The number of pyridine rings is 2. The summed E-state index contributed by atoms with van der Waals surface area (Å²) in [7, 11) is 0. The van der Waals surface area contributed by atoms with Gasteiger partial charge in [0, 0.05) is 11.6 Å². The molecule has 0 aliphatic rings. The molecule has 3 heterocycles. The molecule has 7 nitrogen and oxygen atoms in total. The Morgan fingerprint density at radius 3 is 2.39 bits per heavy atom. The van der Waals surface area contributed by atoms with Crippen LogP contribution in [-0.4, -0.2) is 25.4 Å². The number of benzene rings is 1. The van der Waals surface area contributed by atoms with Gasteiger partial charge in [0.15, 0.2) is 0 Å². The smallest absolute Gasteiger partial charge is 0.392 e. The number of hydrogen-bond donors (Lipinski definition) is 3. The maximum atomic E-state index is 13.5. The number of amides is 1. The molecule has 1 amide bonds. The first kappa shape index (κ1) is 22.2. The van der Waals surface area contributed by atoms with Crippen LogP contribution in [0.4, 0.5) is 13.2 Å². The normalized spacial score (nSPS) is 11.3. The number of hydrogen-bond acceptors (Lipinski definition) is 5. The average Bonchev–Trinajstić information content (AvgIpc) is 3.23. The largest absolute Gasteiger partial charge is 0.433 e. The number of rotatable bonds is 3. The van der Waals surface area contributed by atoms with Crippen molar-refractivity contribution in [2.45, 2.75) is 26.6 Å². The van der Waals surface area contributed by atoms with Crippen LogP contribution in [0.1, 0.15) is 35.6 Å². The van der Waals surface area contributed by atoms with E-state index in [9.17, 15) is 23.1 Å². The molecule has 0 spiro atoms. The van der Waals surface area contributed by atoms with E-state index in [-0.39, 0.29) is 23.6 Å². The van der Waals surface area contributed by atoms with Crippen molar-refractivity contribution >= 4 is 22.6 Å². The molecule has 1 aromatic carbocycles. The lowest BCUT2D eigenvalue weighted by atomic mass is 10.0. The topological polar surface area (TPSA) is 106 Å².